The van der Waals surface area contributed by atoms with Gasteiger partial charge < -0.3 is 5.11 Å². The predicted molar refractivity (Wildman–Crippen MR) is 74.4 cm³/mol. The van der Waals surface area contributed by atoms with Crippen molar-refractivity contribution in [2.24, 2.45) is 0 Å². The summed E-state index contributed by atoms with van der Waals surface area (Å²) in [6.07, 6.45) is 3.27. The van der Waals surface area contributed by atoms with Crippen molar-refractivity contribution in [1.82, 2.24) is 9.71 Å². The average molecular weight is 322 g/mol. The summed E-state index contributed by atoms with van der Waals surface area (Å²) in [5, 5.41) is 9.15. The van der Waals surface area contributed by atoms with Gasteiger partial charge in [0.15, 0.2) is 9.90 Å². The van der Waals surface area contributed by atoms with Crippen molar-refractivity contribution in [3.8, 4) is 0 Å². The maximum Gasteiger partial charge on any atom is 0.356 e. The van der Waals surface area contributed by atoms with Crippen LogP contribution in [-0.2, 0) is 10.0 Å². The molecule has 1 saturated heterocycles. The van der Waals surface area contributed by atoms with Gasteiger partial charge in [0.1, 0.15) is 0 Å². The Morgan fingerprint density at radius 3 is 2.95 bits per heavy atom. The highest BCUT2D eigenvalue weighted by Crippen LogP contribution is 2.25. The Bertz CT molecular complexity index is 549. The van der Waals surface area contributed by atoms with Crippen molar-refractivity contribution in [1.29, 1.82) is 0 Å². The molecule has 2 rings (SSSR count). The summed E-state index contributed by atoms with van der Waals surface area (Å²) in [6.45, 7) is 0.337. The molecule has 1 fully saturated rings. The number of thiazole rings is 1. The van der Waals surface area contributed by atoms with E-state index < -0.39 is 21.7 Å². The first-order valence-electron chi connectivity index (χ1n) is 5.79. The molecule has 2 heterocycles. The molecule has 0 aromatic carbocycles. The number of rotatable bonds is 5. The lowest BCUT2D eigenvalue weighted by Gasteiger charge is -2.21. The smallest absolute Gasteiger partial charge is 0.356 e. The molecule has 19 heavy (non-hydrogen) atoms. The number of carboxylic acids is 1. The third kappa shape index (κ3) is 3.68. The summed E-state index contributed by atoms with van der Waals surface area (Å²) in [4.78, 5) is 14.5. The SMILES string of the molecule is O=C(O)c1ncsc1S(=O)(=O)NCC1CCCCS1. The van der Waals surface area contributed by atoms with Crippen LogP contribution in [0.25, 0.3) is 0 Å². The van der Waals surface area contributed by atoms with Crippen LogP contribution < -0.4 is 4.72 Å². The Kier molecular flexibility index (Phi) is 4.82. The summed E-state index contributed by atoms with van der Waals surface area (Å²) in [6, 6.07) is 0. The first-order chi connectivity index (χ1) is 9.00. The van der Waals surface area contributed by atoms with E-state index in [0.717, 1.165) is 29.9 Å². The van der Waals surface area contributed by atoms with E-state index in [-0.39, 0.29) is 9.46 Å². The fraction of sp³-hybridized carbons (Fsp3) is 0.600. The molecule has 1 aliphatic rings. The monoisotopic (exact) mass is 322 g/mol. The summed E-state index contributed by atoms with van der Waals surface area (Å²) < 4.78 is 26.4. The first-order valence-corrected chi connectivity index (χ1v) is 9.20. The third-order valence-electron chi connectivity index (χ3n) is 2.76. The van der Waals surface area contributed by atoms with Gasteiger partial charge in [0.25, 0.3) is 10.0 Å². The summed E-state index contributed by atoms with van der Waals surface area (Å²) in [5.41, 5.74) is 0.821. The number of thioether (sulfide) groups is 1. The quantitative estimate of drug-likeness (QED) is 0.851. The van der Waals surface area contributed by atoms with Gasteiger partial charge in [-0.3, -0.25) is 0 Å². The van der Waals surface area contributed by atoms with Crippen LogP contribution in [0, 0.1) is 0 Å². The molecular formula is C10H14N2O4S3. The fourth-order valence-electron chi connectivity index (χ4n) is 1.81. The lowest BCUT2D eigenvalue weighted by molar-refractivity contribution is 0.0687. The van der Waals surface area contributed by atoms with E-state index >= 15 is 0 Å². The molecule has 1 unspecified atom stereocenters. The van der Waals surface area contributed by atoms with Crippen molar-refractivity contribution >= 4 is 39.1 Å². The van der Waals surface area contributed by atoms with Crippen molar-refractivity contribution in [3.05, 3.63) is 11.2 Å². The molecule has 9 heteroatoms. The Hall–Kier alpha value is -0.640. The molecule has 0 spiro atoms. The molecule has 2 N–H and O–H groups in total. The van der Waals surface area contributed by atoms with Gasteiger partial charge in [0, 0.05) is 11.8 Å². The lowest BCUT2D eigenvalue weighted by Crippen LogP contribution is -2.32. The molecule has 1 aromatic rings. The van der Waals surface area contributed by atoms with Crippen LogP contribution >= 0.6 is 23.1 Å². The minimum absolute atomic E-state index is 0.221. The Balaban J connectivity index is 2.05. The van der Waals surface area contributed by atoms with Crippen molar-refractivity contribution in [2.75, 3.05) is 12.3 Å². The highest BCUT2D eigenvalue weighted by molar-refractivity contribution is 8.00. The summed E-state index contributed by atoms with van der Waals surface area (Å²) >= 11 is 2.58. The molecular weight excluding hydrogens is 308 g/mol. The second-order valence-corrected chi connectivity index (χ2v) is 8.36. The van der Waals surface area contributed by atoms with Gasteiger partial charge in [0.2, 0.25) is 0 Å². The van der Waals surface area contributed by atoms with E-state index in [1.165, 1.54) is 11.9 Å². The van der Waals surface area contributed by atoms with E-state index in [1.807, 2.05) is 0 Å². The second-order valence-electron chi connectivity index (χ2n) is 4.13. The van der Waals surface area contributed by atoms with E-state index in [1.54, 1.807) is 11.8 Å². The van der Waals surface area contributed by atoms with Crippen LogP contribution in [0.5, 0.6) is 0 Å². The van der Waals surface area contributed by atoms with Crippen LogP contribution in [0.3, 0.4) is 0 Å². The van der Waals surface area contributed by atoms with Gasteiger partial charge in [-0.2, -0.15) is 11.8 Å². The minimum atomic E-state index is -3.78. The van der Waals surface area contributed by atoms with Crippen LogP contribution in [-0.4, -0.2) is 42.0 Å². The number of nitrogens with zero attached hydrogens (tertiary/aromatic N) is 1. The normalized spacial score (nSPS) is 20.3. The number of hydrogen-bond donors (Lipinski definition) is 2. The second kappa shape index (κ2) is 6.21. The molecule has 0 radical (unpaired) electrons. The number of hydrogen-bond acceptors (Lipinski definition) is 6. The Morgan fingerprint density at radius 1 is 1.53 bits per heavy atom. The maximum atomic E-state index is 12.0. The molecule has 0 bridgehead atoms. The number of aromatic nitrogens is 1. The van der Waals surface area contributed by atoms with Gasteiger partial charge in [-0.05, 0) is 18.6 Å². The predicted octanol–water partition coefficient (Wildman–Crippen LogP) is 1.41. The number of carboxylic acid groups (broad SMARTS) is 1. The van der Waals surface area contributed by atoms with Gasteiger partial charge in [-0.15, -0.1) is 11.3 Å². The van der Waals surface area contributed by atoms with Crippen LogP contribution in [0.1, 0.15) is 29.8 Å². The zero-order valence-corrected chi connectivity index (χ0v) is 12.5. The van der Waals surface area contributed by atoms with Crippen LogP contribution in [0.15, 0.2) is 9.72 Å². The van der Waals surface area contributed by atoms with E-state index in [4.69, 9.17) is 5.11 Å². The maximum absolute atomic E-state index is 12.0. The molecule has 0 aliphatic carbocycles. The highest BCUT2D eigenvalue weighted by Gasteiger charge is 2.26. The van der Waals surface area contributed by atoms with Crippen molar-refractivity contribution < 1.29 is 18.3 Å². The van der Waals surface area contributed by atoms with Crippen molar-refractivity contribution in [2.45, 2.75) is 28.7 Å². The average Bonchev–Trinajstić information content (AvgIpc) is 2.88. The summed E-state index contributed by atoms with van der Waals surface area (Å²) in [7, 11) is -3.78. The molecule has 106 valence electrons. The third-order valence-corrected chi connectivity index (χ3v) is 6.95. The minimum Gasteiger partial charge on any atom is -0.476 e. The van der Waals surface area contributed by atoms with Gasteiger partial charge in [0.05, 0.1) is 5.51 Å². The molecule has 1 atom stereocenters. The lowest BCUT2D eigenvalue weighted by atomic mass is 10.2. The van der Waals surface area contributed by atoms with E-state index in [2.05, 4.69) is 9.71 Å². The van der Waals surface area contributed by atoms with E-state index in [9.17, 15) is 13.2 Å². The highest BCUT2D eigenvalue weighted by atomic mass is 32.2. The molecule has 1 aromatic heterocycles. The zero-order valence-electron chi connectivity index (χ0n) is 10.0. The number of nitrogens with one attached hydrogen (secondary N) is 1. The zero-order chi connectivity index (χ0) is 13.9. The van der Waals surface area contributed by atoms with Crippen LogP contribution in [0.2, 0.25) is 0 Å². The summed E-state index contributed by atoms with van der Waals surface area (Å²) in [5.74, 6) is -0.276. The molecule has 6 nitrogen and oxygen atoms in total. The number of carbonyl (C=O) groups is 1. The Morgan fingerprint density at radius 2 is 2.32 bits per heavy atom. The van der Waals surface area contributed by atoms with Gasteiger partial charge in [-0.1, -0.05) is 6.42 Å². The van der Waals surface area contributed by atoms with Gasteiger partial charge in [-0.25, -0.2) is 22.9 Å². The van der Waals surface area contributed by atoms with Crippen LogP contribution in [0.4, 0.5) is 0 Å². The van der Waals surface area contributed by atoms with Gasteiger partial charge >= 0.3 is 5.97 Å². The standard InChI is InChI=1S/C10H14N2O4S3/c13-9(14)8-10(18-6-11-8)19(15,16)12-5-7-3-1-2-4-17-7/h6-7,12H,1-5H2,(H,13,14). The number of sulfonamides is 1. The molecule has 1 aliphatic heterocycles. The topological polar surface area (TPSA) is 96.4 Å². The molecule has 0 saturated carbocycles. The Labute approximate surface area is 119 Å². The first kappa shape index (κ1) is 14.8. The van der Waals surface area contributed by atoms with Crippen molar-refractivity contribution in [3.63, 3.8) is 0 Å². The molecule has 0 amide bonds. The van der Waals surface area contributed by atoms with E-state index in [0.29, 0.717) is 6.54 Å². The fourth-order valence-corrected chi connectivity index (χ4v) is 5.41. The largest absolute Gasteiger partial charge is 0.476 e. The number of aromatic carboxylic acids is 1.